The van der Waals surface area contributed by atoms with E-state index in [4.69, 9.17) is 14.5 Å². The van der Waals surface area contributed by atoms with E-state index < -0.39 is 24.3 Å². The maximum Gasteiger partial charge on any atom is 0.407 e. The molecular weight excluding hydrogens is 741 g/mol. The van der Waals surface area contributed by atoms with Gasteiger partial charge in [0.25, 0.3) is 0 Å². The minimum Gasteiger partial charge on any atom is -0.453 e. The maximum absolute atomic E-state index is 13.9. The van der Waals surface area contributed by atoms with Crippen LogP contribution in [0.4, 0.5) is 9.59 Å². The molecule has 2 saturated heterocycles. The standard InChI is InChI=1S/C42H50N10O6/c1-25(2)36(49-42(56)58-5)40(54)52-19-7-9-35(52)38-44-22-33(47-38)29-16-12-27(13-17-29)26-10-14-28(15-11-26)32-21-43-37(46-32)34-8-6-18-51(34)39(53)31(48-41(55)57-4)20-30-23-50(3)24-45-30/h10-17,21-25,31,34-36H,6-9,18-20H2,1-5H3,(H,43,46)(H,44,47)(H,48,55)(H,49,56)/t31-,34+,35+,36-/m1/s1. The Labute approximate surface area is 336 Å². The number of hydrogen-bond donors (Lipinski definition) is 4. The SMILES string of the molecule is COC(=O)N[C@H](Cc1cn(C)cn1)C(=O)N1CCC[C@H]1c1ncc(-c2ccc(-c3ccc(-c4cnc([C@@H]5CCCN5C(=O)[C@H](NC(=O)OC)C(C)C)[nH]4)cc3)cc2)[nH]1. The number of amides is 4. The van der Waals surface area contributed by atoms with Crippen molar-refractivity contribution in [3.63, 3.8) is 0 Å². The fraction of sp³-hybridized carbons (Fsp3) is 0.405. The number of nitrogens with zero attached hydrogens (tertiary/aromatic N) is 6. The molecule has 4 atom stereocenters. The number of H-pyrrole nitrogens is 2. The zero-order valence-corrected chi connectivity index (χ0v) is 33.4. The molecule has 4 amide bonds. The second-order valence-corrected chi connectivity index (χ2v) is 15.2. The smallest absolute Gasteiger partial charge is 0.407 e. The Bertz CT molecular complexity index is 2230. The minimum absolute atomic E-state index is 0.109. The predicted octanol–water partition coefficient (Wildman–Crippen LogP) is 5.54. The molecule has 0 spiro atoms. The van der Waals surface area contributed by atoms with E-state index in [1.807, 2.05) is 51.4 Å². The number of rotatable bonds is 12. The van der Waals surface area contributed by atoms with Gasteiger partial charge in [0, 0.05) is 32.8 Å². The van der Waals surface area contributed by atoms with E-state index >= 15 is 0 Å². The van der Waals surface area contributed by atoms with Gasteiger partial charge in [-0.15, -0.1) is 0 Å². The Kier molecular flexibility index (Phi) is 11.9. The van der Waals surface area contributed by atoms with Crippen LogP contribution in [0.5, 0.6) is 0 Å². The first-order chi connectivity index (χ1) is 28.0. The fourth-order valence-corrected chi connectivity index (χ4v) is 7.88. The number of carbonyl (C=O) groups excluding carboxylic acids is 4. The zero-order chi connectivity index (χ0) is 40.9. The number of nitrogens with one attached hydrogen (secondary N) is 4. The van der Waals surface area contributed by atoms with E-state index in [9.17, 15) is 19.2 Å². The second-order valence-electron chi connectivity index (χ2n) is 15.2. The second kappa shape index (κ2) is 17.4. The number of methoxy groups -OCH3 is 2. The molecule has 0 bridgehead atoms. The summed E-state index contributed by atoms with van der Waals surface area (Å²) in [5.74, 6) is 0.949. The Morgan fingerprint density at radius 2 is 1.21 bits per heavy atom. The molecule has 16 heteroatoms. The summed E-state index contributed by atoms with van der Waals surface area (Å²) in [6, 6.07) is 14.4. The molecule has 5 heterocycles. The molecule has 0 radical (unpaired) electrons. The molecule has 16 nitrogen and oxygen atoms in total. The lowest BCUT2D eigenvalue weighted by atomic mass is 10.0. The van der Waals surface area contributed by atoms with Crippen molar-refractivity contribution in [2.45, 2.75) is 70.1 Å². The van der Waals surface area contributed by atoms with Crippen LogP contribution < -0.4 is 10.6 Å². The molecule has 4 N–H and O–H groups in total. The highest BCUT2D eigenvalue weighted by Gasteiger charge is 2.38. The maximum atomic E-state index is 13.9. The van der Waals surface area contributed by atoms with Crippen LogP contribution in [0.25, 0.3) is 33.6 Å². The van der Waals surface area contributed by atoms with Gasteiger partial charge in [-0.2, -0.15) is 0 Å². The first-order valence-electron chi connectivity index (χ1n) is 19.6. The first-order valence-corrected chi connectivity index (χ1v) is 19.6. The molecule has 7 rings (SSSR count). The highest BCUT2D eigenvalue weighted by molar-refractivity contribution is 5.87. The first kappa shape index (κ1) is 39.8. The summed E-state index contributed by atoms with van der Waals surface area (Å²) in [4.78, 5) is 75.7. The van der Waals surface area contributed by atoms with Crippen LogP contribution >= 0.6 is 0 Å². The average Bonchev–Trinajstić information content (AvgIpc) is 4.09. The van der Waals surface area contributed by atoms with Crippen molar-refractivity contribution in [1.82, 2.24) is 49.9 Å². The summed E-state index contributed by atoms with van der Waals surface area (Å²) >= 11 is 0. The van der Waals surface area contributed by atoms with Crippen molar-refractivity contribution in [3.8, 4) is 33.6 Å². The molecule has 0 saturated carbocycles. The lowest BCUT2D eigenvalue weighted by molar-refractivity contribution is -0.135. The van der Waals surface area contributed by atoms with Gasteiger partial charge >= 0.3 is 12.2 Å². The van der Waals surface area contributed by atoms with Crippen molar-refractivity contribution >= 4 is 24.0 Å². The molecule has 58 heavy (non-hydrogen) atoms. The van der Waals surface area contributed by atoms with Crippen LogP contribution in [-0.4, -0.2) is 103 Å². The fourth-order valence-electron chi connectivity index (χ4n) is 7.88. The molecule has 2 aliphatic rings. The highest BCUT2D eigenvalue weighted by Crippen LogP contribution is 2.35. The van der Waals surface area contributed by atoms with Crippen LogP contribution in [0.15, 0.2) is 73.4 Å². The minimum atomic E-state index is -0.835. The third-order valence-electron chi connectivity index (χ3n) is 11.0. The molecule has 304 valence electrons. The van der Waals surface area contributed by atoms with E-state index in [1.165, 1.54) is 14.2 Å². The molecule has 0 unspecified atom stereocenters. The number of ether oxygens (including phenoxy) is 2. The van der Waals surface area contributed by atoms with E-state index in [0.717, 1.165) is 65.1 Å². The number of alkyl carbamates (subject to hydrolysis) is 2. The highest BCUT2D eigenvalue weighted by atomic mass is 16.5. The number of imidazole rings is 3. The Hall–Kier alpha value is -6.45. The average molecular weight is 791 g/mol. The monoisotopic (exact) mass is 790 g/mol. The van der Waals surface area contributed by atoms with E-state index in [0.29, 0.717) is 24.6 Å². The molecule has 5 aromatic rings. The molecule has 0 aliphatic carbocycles. The van der Waals surface area contributed by atoms with Gasteiger partial charge in [0.05, 0.1) is 62.1 Å². The van der Waals surface area contributed by atoms with Gasteiger partial charge in [-0.25, -0.2) is 24.5 Å². The summed E-state index contributed by atoms with van der Waals surface area (Å²) in [5.41, 5.74) is 6.40. The number of carbonyl (C=O) groups is 4. The van der Waals surface area contributed by atoms with Gasteiger partial charge in [-0.05, 0) is 53.9 Å². The number of likely N-dealkylation sites (tertiary alicyclic amines) is 2. The normalized spacial score (nSPS) is 17.6. The number of aryl methyl sites for hydroxylation is 1. The topological polar surface area (TPSA) is 192 Å². The van der Waals surface area contributed by atoms with Crippen molar-refractivity contribution in [2.24, 2.45) is 13.0 Å². The lowest BCUT2D eigenvalue weighted by Gasteiger charge is -2.30. The number of benzene rings is 2. The summed E-state index contributed by atoms with van der Waals surface area (Å²) < 4.78 is 11.4. The van der Waals surface area contributed by atoms with Crippen LogP contribution in [0.1, 0.15) is 69.0 Å². The number of hydrogen-bond acceptors (Lipinski definition) is 9. The van der Waals surface area contributed by atoms with Crippen LogP contribution in [0, 0.1) is 5.92 Å². The van der Waals surface area contributed by atoms with Crippen LogP contribution in [0.2, 0.25) is 0 Å². The molecule has 2 aromatic carbocycles. The van der Waals surface area contributed by atoms with Gasteiger partial charge in [0.15, 0.2) is 0 Å². The van der Waals surface area contributed by atoms with Gasteiger partial charge < -0.3 is 44.4 Å². The third kappa shape index (κ3) is 8.60. The Morgan fingerprint density at radius 1 is 0.724 bits per heavy atom. The largest absolute Gasteiger partial charge is 0.453 e. The van der Waals surface area contributed by atoms with Crippen molar-refractivity contribution < 1.29 is 28.7 Å². The Morgan fingerprint density at radius 3 is 1.67 bits per heavy atom. The molecule has 2 aliphatic heterocycles. The zero-order valence-electron chi connectivity index (χ0n) is 33.4. The van der Waals surface area contributed by atoms with Gasteiger partial charge in [0.1, 0.15) is 23.7 Å². The molecule has 3 aromatic heterocycles. The lowest BCUT2D eigenvalue weighted by Crippen LogP contribution is -2.51. The predicted molar refractivity (Wildman–Crippen MR) is 215 cm³/mol. The van der Waals surface area contributed by atoms with E-state index in [2.05, 4.69) is 54.8 Å². The van der Waals surface area contributed by atoms with Gasteiger partial charge in [0.2, 0.25) is 11.8 Å². The quantitative estimate of drug-likeness (QED) is 0.126. The Balaban J connectivity index is 0.999. The van der Waals surface area contributed by atoms with Crippen LogP contribution in [0.3, 0.4) is 0 Å². The summed E-state index contributed by atoms with van der Waals surface area (Å²) in [5, 5.41) is 5.39. The summed E-state index contributed by atoms with van der Waals surface area (Å²) in [7, 11) is 4.42. The van der Waals surface area contributed by atoms with Gasteiger partial charge in [-0.1, -0.05) is 62.4 Å². The van der Waals surface area contributed by atoms with Gasteiger partial charge in [-0.3, -0.25) is 9.59 Å². The van der Waals surface area contributed by atoms with Crippen molar-refractivity contribution in [1.29, 1.82) is 0 Å². The summed E-state index contributed by atoms with van der Waals surface area (Å²) in [6.45, 7) is 4.93. The van der Waals surface area contributed by atoms with E-state index in [1.54, 1.807) is 33.1 Å². The molecule has 2 fully saturated rings. The summed E-state index contributed by atoms with van der Waals surface area (Å²) in [6.07, 6.45) is 9.19. The third-order valence-corrected chi connectivity index (χ3v) is 11.0. The number of aromatic amines is 2. The number of aromatic nitrogens is 6. The molecular formula is C42H50N10O6. The van der Waals surface area contributed by atoms with Crippen LogP contribution in [-0.2, 0) is 32.5 Å². The van der Waals surface area contributed by atoms with Crippen molar-refractivity contribution in [3.05, 3.63) is 90.8 Å². The van der Waals surface area contributed by atoms with Crippen molar-refractivity contribution in [2.75, 3.05) is 27.3 Å². The van der Waals surface area contributed by atoms with E-state index in [-0.39, 0.29) is 36.2 Å².